The number of hydrogen-bond donors (Lipinski definition) is 1. The summed E-state index contributed by atoms with van der Waals surface area (Å²) in [6.07, 6.45) is -4.34. The molecular formula is C20H16F3NO. The van der Waals surface area contributed by atoms with Crippen LogP contribution in [0.4, 0.5) is 24.5 Å². The summed E-state index contributed by atoms with van der Waals surface area (Å²) in [6, 6.07) is 24.3. The van der Waals surface area contributed by atoms with Crippen LogP contribution in [-0.4, -0.2) is 12.8 Å². The van der Waals surface area contributed by atoms with Crippen molar-refractivity contribution in [3.05, 3.63) is 78.9 Å². The van der Waals surface area contributed by atoms with E-state index in [-0.39, 0.29) is 5.75 Å². The molecule has 5 heteroatoms. The van der Waals surface area contributed by atoms with Gasteiger partial charge in [-0.1, -0.05) is 42.5 Å². The largest absolute Gasteiger partial charge is 0.484 e. The Balaban J connectivity index is 1.62. The minimum absolute atomic E-state index is 0.183. The number of hydrogen-bond acceptors (Lipinski definition) is 2. The third kappa shape index (κ3) is 5.01. The van der Waals surface area contributed by atoms with Crippen LogP contribution in [0.1, 0.15) is 0 Å². The highest BCUT2D eigenvalue weighted by Gasteiger charge is 2.28. The van der Waals surface area contributed by atoms with Gasteiger partial charge in [0.1, 0.15) is 5.75 Å². The molecule has 0 radical (unpaired) electrons. The fourth-order valence-corrected chi connectivity index (χ4v) is 2.34. The van der Waals surface area contributed by atoms with Crippen molar-refractivity contribution < 1.29 is 17.9 Å². The summed E-state index contributed by atoms with van der Waals surface area (Å²) >= 11 is 0. The summed E-state index contributed by atoms with van der Waals surface area (Å²) in [5.41, 5.74) is 3.91. The van der Waals surface area contributed by atoms with Gasteiger partial charge >= 0.3 is 6.18 Å². The maximum Gasteiger partial charge on any atom is 0.422 e. The van der Waals surface area contributed by atoms with Crippen molar-refractivity contribution in [3.63, 3.8) is 0 Å². The van der Waals surface area contributed by atoms with Crippen molar-refractivity contribution in [3.8, 4) is 16.9 Å². The van der Waals surface area contributed by atoms with Gasteiger partial charge in [0.15, 0.2) is 6.61 Å². The minimum Gasteiger partial charge on any atom is -0.484 e. The van der Waals surface area contributed by atoms with Crippen LogP contribution in [0.5, 0.6) is 5.75 Å². The standard InChI is InChI=1S/C20H16F3NO/c21-20(22,23)14-25-19-12-10-18(11-13-19)24-17-8-6-16(7-9-17)15-4-2-1-3-5-15/h1-13,24H,14H2. The second-order valence-corrected chi connectivity index (χ2v) is 5.50. The smallest absolute Gasteiger partial charge is 0.422 e. The highest BCUT2D eigenvalue weighted by molar-refractivity contribution is 5.68. The molecule has 0 atom stereocenters. The Morgan fingerprint density at radius 3 is 1.76 bits per heavy atom. The van der Waals surface area contributed by atoms with Crippen molar-refractivity contribution in [1.82, 2.24) is 0 Å². The number of ether oxygens (including phenoxy) is 1. The summed E-state index contributed by atoms with van der Waals surface area (Å²) < 4.78 is 41.1. The van der Waals surface area contributed by atoms with Gasteiger partial charge < -0.3 is 10.1 Å². The molecule has 3 aromatic carbocycles. The number of anilines is 2. The Hall–Kier alpha value is -2.95. The molecule has 0 saturated carbocycles. The molecule has 0 saturated heterocycles. The van der Waals surface area contributed by atoms with Crippen molar-refractivity contribution in [1.29, 1.82) is 0 Å². The molecule has 0 aliphatic rings. The fraction of sp³-hybridized carbons (Fsp3) is 0.100. The maximum atomic E-state index is 12.1. The molecule has 0 spiro atoms. The molecule has 0 unspecified atom stereocenters. The summed E-state index contributed by atoms with van der Waals surface area (Å²) in [5, 5.41) is 3.20. The number of benzene rings is 3. The van der Waals surface area contributed by atoms with E-state index in [2.05, 4.69) is 10.1 Å². The molecule has 25 heavy (non-hydrogen) atoms. The van der Waals surface area contributed by atoms with Crippen molar-refractivity contribution in [2.45, 2.75) is 6.18 Å². The average Bonchev–Trinajstić information content (AvgIpc) is 2.62. The van der Waals surface area contributed by atoms with Gasteiger partial charge in [-0.2, -0.15) is 13.2 Å². The van der Waals surface area contributed by atoms with E-state index in [9.17, 15) is 13.2 Å². The lowest BCUT2D eigenvalue weighted by Gasteiger charge is -2.11. The van der Waals surface area contributed by atoms with Crippen LogP contribution in [-0.2, 0) is 0 Å². The quantitative estimate of drug-likeness (QED) is 0.610. The number of alkyl halides is 3. The molecule has 0 aliphatic carbocycles. The zero-order valence-electron chi connectivity index (χ0n) is 13.3. The summed E-state index contributed by atoms with van der Waals surface area (Å²) in [6.45, 7) is -1.29. The molecule has 0 aliphatic heterocycles. The normalized spacial score (nSPS) is 11.2. The first-order valence-corrected chi connectivity index (χ1v) is 7.72. The van der Waals surface area contributed by atoms with E-state index < -0.39 is 12.8 Å². The third-order valence-electron chi connectivity index (χ3n) is 3.54. The van der Waals surface area contributed by atoms with Crippen LogP contribution in [0.2, 0.25) is 0 Å². The van der Waals surface area contributed by atoms with E-state index in [4.69, 9.17) is 0 Å². The highest BCUT2D eigenvalue weighted by Crippen LogP contribution is 2.25. The second kappa shape index (κ2) is 7.30. The Kier molecular flexibility index (Phi) is 4.93. The monoisotopic (exact) mass is 343 g/mol. The molecular weight excluding hydrogens is 327 g/mol. The van der Waals surface area contributed by atoms with Gasteiger partial charge in [0.05, 0.1) is 0 Å². The van der Waals surface area contributed by atoms with Gasteiger partial charge in [0.2, 0.25) is 0 Å². The molecule has 2 nitrogen and oxygen atoms in total. The third-order valence-corrected chi connectivity index (χ3v) is 3.54. The van der Waals surface area contributed by atoms with E-state index in [0.29, 0.717) is 0 Å². The maximum absolute atomic E-state index is 12.1. The average molecular weight is 343 g/mol. The van der Waals surface area contributed by atoms with Crippen LogP contribution >= 0.6 is 0 Å². The van der Waals surface area contributed by atoms with Crippen LogP contribution in [0.25, 0.3) is 11.1 Å². The van der Waals surface area contributed by atoms with Gasteiger partial charge in [-0.3, -0.25) is 0 Å². The highest BCUT2D eigenvalue weighted by atomic mass is 19.4. The fourth-order valence-electron chi connectivity index (χ4n) is 2.34. The van der Waals surface area contributed by atoms with Crippen LogP contribution in [0.15, 0.2) is 78.9 Å². The topological polar surface area (TPSA) is 21.3 Å². The first-order chi connectivity index (χ1) is 12.0. The Morgan fingerprint density at radius 1 is 0.680 bits per heavy atom. The Labute approximate surface area is 143 Å². The van der Waals surface area contributed by atoms with E-state index in [1.807, 2.05) is 54.6 Å². The molecule has 128 valence electrons. The van der Waals surface area contributed by atoms with E-state index in [0.717, 1.165) is 22.5 Å². The van der Waals surface area contributed by atoms with Gasteiger partial charge in [-0.15, -0.1) is 0 Å². The van der Waals surface area contributed by atoms with Crippen molar-refractivity contribution in [2.75, 3.05) is 11.9 Å². The molecule has 0 amide bonds. The van der Waals surface area contributed by atoms with Gasteiger partial charge in [-0.25, -0.2) is 0 Å². The SMILES string of the molecule is FC(F)(F)COc1ccc(Nc2ccc(-c3ccccc3)cc2)cc1. The summed E-state index contributed by atoms with van der Waals surface area (Å²) in [7, 11) is 0. The Morgan fingerprint density at radius 2 is 1.20 bits per heavy atom. The first kappa shape index (κ1) is 16.9. The number of nitrogens with one attached hydrogen (secondary N) is 1. The molecule has 0 heterocycles. The molecule has 3 aromatic rings. The summed E-state index contributed by atoms with van der Waals surface area (Å²) in [4.78, 5) is 0. The predicted octanol–water partition coefficient (Wildman–Crippen LogP) is 6.04. The lowest BCUT2D eigenvalue weighted by Crippen LogP contribution is -2.19. The van der Waals surface area contributed by atoms with Crippen LogP contribution < -0.4 is 10.1 Å². The molecule has 0 fully saturated rings. The van der Waals surface area contributed by atoms with Crippen molar-refractivity contribution in [2.24, 2.45) is 0 Å². The minimum atomic E-state index is -4.34. The zero-order valence-corrected chi connectivity index (χ0v) is 13.3. The number of halogens is 3. The predicted molar refractivity (Wildman–Crippen MR) is 93.2 cm³/mol. The first-order valence-electron chi connectivity index (χ1n) is 7.72. The molecule has 0 bridgehead atoms. The zero-order chi connectivity index (χ0) is 17.7. The van der Waals surface area contributed by atoms with Gasteiger partial charge in [0, 0.05) is 11.4 Å². The summed E-state index contributed by atoms with van der Waals surface area (Å²) in [5.74, 6) is 0.183. The second-order valence-electron chi connectivity index (χ2n) is 5.50. The van der Waals surface area contributed by atoms with Gasteiger partial charge in [0.25, 0.3) is 0 Å². The van der Waals surface area contributed by atoms with Crippen LogP contribution in [0.3, 0.4) is 0 Å². The van der Waals surface area contributed by atoms with E-state index in [1.54, 1.807) is 12.1 Å². The lowest BCUT2D eigenvalue weighted by atomic mass is 10.1. The number of rotatable bonds is 5. The lowest BCUT2D eigenvalue weighted by molar-refractivity contribution is -0.153. The van der Waals surface area contributed by atoms with Crippen molar-refractivity contribution >= 4 is 11.4 Å². The van der Waals surface area contributed by atoms with Gasteiger partial charge in [-0.05, 0) is 47.5 Å². The molecule has 3 rings (SSSR count). The molecule has 0 aromatic heterocycles. The Bertz CT molecular complexity index is 797. The van der Waals surface area contributed by atoms with E-state index in [1.165, 1.54) is 12.1 Å². The van der Waals surface area contributed by atoms with Crippen LogP contribution in [0, 0.1) is 0 Å². The molecule has 1 N–H and O–H groups in total. The van der Waals surface area contributed by atoms with E-state index >= 15 is 0 Å².